The minimum Gasteiger partial charge on any atom is -0.495 e. The number of hydrogen-bond acceptors (Lipinski definition) is 5. The summed E-state index contributed by atoms with van der Waals surface area (Å²) in [6, 6.07) is 15.2. The summed E-state index contributed by atoms with van der Waals surface area (Å²) in [6.07, 6.45) is -4.78. The molecule has 46 heavy (non-hydrogen) atoms. The molecule has 239 valence electrons. The zero-order valence-electron chi connectivity index (χ0n) is 25.3. The molecule has 0 bridgehead atoms. The SMILES string of the molecule is COc1cccc(-c2c(C)n(Cc3c(F)cccc3C(F)(F)F)c(=O)n(C[C@H](NCCCC(=O)O)c3ccccc3)c2=O)c1Cl.[Na]. The van der Waals surface area contributed by atoms with Crippen molar-refractivity contribution in [2.75, 3.05) is 13.7 Å². The largest absolute Gasteiger partial charge is 0.495 e. The predicted octanol–water partition coefficient (Wildman–Crippen LogP) is 5.67. The van der Waals surface area contributed by atoms with Gasteiger partial charge in [-0.2, -0.15) is 13.2 Å². The molecule has 1 aromatic heterocycles. The first kappa shape index (κ1) is 37.0. The van der Waals surface area contributed by atoms with Gasteiger partial charge in [-0.3, -0.25) is 18.7 Å². The number of ether oxygens (including phenoxy) is 1. The van der Waals surface area contributed by atoms with Gasteiger partial charge in [0.15, 0.2) is 0 Å². The quantitative estimate of drug-likeness (QED) is 0.115. The number of carboxylic acid groups (broad SMARTS) is 1. The van der Waals surface area contributed by atoms with Gasteiger partial charge in [0.05, 0.1) is 42.4 Å². The van der Waals surface area contributed by atoms with Gasteiger partial charge in [-0.15, -0.1) is 0 Å². The van der Waals surface area contributed by atoms with E-state index in [0.29, 0.717) is 5.56 Å². The van der Waals surface area contributed by atoms with E-state index in [2.05, 4.69) is 5.32 Å². The van der Waals surface area contributed by atoms with Crippen LogP contribution in [0.5, 0.6) is 5.75 Å². The van der Waals surface area contributed by atoms with Crippen molar-refractivity contribution in [3.05, 3.63) is 121 Å². The van der Waals surface area contributed by atoms with Gasteiger partial charge in [0.25, 0.3) is 5.56 Å². The van der Waals surface area contributed by atoms with Crippen molar-refractivity contribution >= 4 is 47.1 Å². The Hall–Kier alpha value is -3.42. The van der Waals surface area contributed by atoms with Crippen LogP contribution in [-0.4, -0.2) is 63.4 Å². The molecule has 2 N–H and O–H groups in total. The van der Waals surface area contributed by atoms with Crippen LogP contribution in [0.2, 0.25) is 5.02 Å². The Morgan fingerprint density at radius 2 is 1.70 bits per heavy atom. The zero-order valence-corrected chi connectivity index (χ0v) is 28.1. The molecule has 4 aromatic rings. The second-order valence-electron chi connectivity index (χ2n) is 10.2. The number of halogens is 5. The number of methoxy groups -OCH3 is 1. The minimum absolute atomic E-state index is 0. The molecule has 4 rings (SSSR count). The third-order valence-corrected chi connectivity index (χ3v) is 7.80. The molecule has 14 heteroatoms. The zero-order chi connectivity index (χ0) is 32.9. The first-order valence-corrected chi connectivity index (χ1v) is 14.2. The summed E-state index contributed by atoms with van der Waals surface area (Å²) in [7, 11) is 1.37. The van der Waals surface area contributed by atoms with Crippen molar-refractivity contribution < 1.29 is 32.2 Å². The minimum atomic E-state index is -4.92. The number of hydrogen-bond donors (Lipinski definition) is 2. The van der Waals surface area contributed by atoms with Crippen molar-refractivity contribution in [1.82, 2.24) is 14.5 Å². The average molecular weight is 671 g/mol. The normalized spacial score (nSPS) is 12.0. The molecule has 0 saturated carbocycles. The van der Waals surface area contributed by atoms with Crippen molar-refractivity contribution in [3.63, 3.8) is 0 Å². The van der Waals surface area contributed by atoms with Gasteiger partial charge in [-0.1, -0.05) is 60.1 Å². The van der Waals surface area contributed by atoms with Gasteiger partial charge < -0.3 is 15.2 Å². The maximum atomic E-state index is 15.0. The number of aromatic nitrogens is 2. The van der Waals surface area contributed by atoms with Gasteiger partial charge in [0.1, 0.15) is 11.6 Å². The van der Waals surface area contributed by atoms with Crippen molar-refractivity contribution in [2.45, 2.75) is 45.1 Å². The number of nitrogens with one attached hydrogen (secondary N) is 1. The Labute approximate surface area is 288 Å². The van der Waals surface area contributed by atoms with Crippen molar-refractivity contribution in [2.24, 2.45) is 0 Å². The van der Waals surface area contributed by atoms with E-state index in [4.69, 9.17) is 21.4 Å². The molecule has 0 amide bonds. The molecule has 1 heterocycles. The van der Waals surface area contributed by atoms with E-state index >= 15 is 0 Å². The van der Waals surface area contributed by atoms with Crippen LogP contribution >= 0.6 is 11.6 Å². The summed E-state index contributed by atoms with van der Waals surface area (Å²) in [5.74, 6) is -1.94. The summed E-state index contributed by atoms with van der Waals surface area (Å²) in [6.45, 7) is 0.487. The van der Waals surface area contributed by atoms with Crippen LogP contribution < -0.4 is 21.3 Å². The first-order chi connectivity index (χ1) is 21.3. The molecule has 0 aliphatic rings. The number of aliphatic carboxylic acids is 1. The first-order valence-electron chi connectivity index (χ1n) is 13.9. The number of carboxylic acids is 1. The molecule has 1 radical (unpaired) electrons. The summed E-state index contributed by atoms with van der Waals surface area (Å²) in [5.41, 5.74) is -3.05. The number of rotatable bonds is 12. The summed E-state index contributed by atoms with van der Waals surface area (Å²) in [5, 5.41) is 12.2. The molecule has 0 saturated heterocycles. The van der Waals surface area contributed by atoms with E-state index in [0.717, 1.165) is 27.3 Å². The van der Waals surface area contributed by atoms with Crippen LogP contribution in [0, 0.1) is 12.7 Å². The van der Waals surface area contributed by atoms with Crippen LogP contribution in [-0.2, 0) is 24.1 Å². The number of carbonyl (C=O) groups is 1. The Morgan fingerprint density at radius 1 is 1.02 bits per heavy atom. The summed E-state index contributed by atoms with van der Waals surface area (Å²) in [4.78, 5) is 39.2. The van der Waals surface area contributed by atoms with E-state index in [1.54, 1.807) is 42.5 Å². The molecule has 0 aliphatic heterocycles. The van der Waals surface area contributed by atoms with Crippen molar-refractivity contribution in [3.8, 4) is 16.9 Å². The third kappa shape index (κ3) is 8.29. The third-order valence-electron chi connectivity index (χ3n) is 7.41. The molecule has 3 aromatic carbocycles. The molecule has 8 nitrogen and oxygen atoms in total. The summed E-state index contributed by atoms with van der Waals surface area (Å²) >= 11 is 6.58. The maximum Gasteiger partial charge on any atom is 0.416 e. The maximum absolute atomic E-state index is 15.0. The standard InChI is InChI=1S/C32H30ClF4N3O5.Na/c1-19-28(21-11-6-14-26(45-2)29(21)33)30(43)40(18-25(20-9-4-3-5-10-20)38-16-8-15-27(41)42)31(44)39(19)17-22-23(32(35,36)37)12-7-13-24(22)34;/h3-7,9-14,25,38H,8,15-18H2,1-2H3,(H,41,42);/t25-;/m0./s1. The van der Waals surface area contributed by atoms with E-state index in [9.17, 15) is 31.9 Å². The molecular formula is C32H30ClF4N3NaO5. The van der Waals surface area contributed by atoms with Crippen LogP contribution in [0.25, 0.3) is 11.1 Å². The topological polar surface area (TPSA) is 103 Å². The Morgan fingerprint density at radius 3 is 2.33 bits per heavy atom. The van der Waals surface area contributed by atoms with E-state index in [1.165, 1.54) is 20.1 Å². The van der Waals surface area contributed by atoms with Gasteiger partial charge in [-0.25, -0.2) is 9.18 Å². The van der Waals surface area contributed by atoms with Crippen LogP contribution in [0.4, 0.5) is 17.6 Å². The molecular weight excluding hydrogens is 641 g/mol. The number of benzene rings is 3. The number of alkyl halides is 3. The second kappa shape index (κ2) is 15.9. The Balaban J connectivity index is 0.00000576. The predicted molar refractivity (Wildman–Crippen MR) is 167 cm³/mol. The Kier molecular flexibility index (Phi) is 12.8. The van der Waals surface area contributed by atoms with Gasteiger partial charge in [0, 0.05) is 52.8 Å². The number of nitrogens with zero attached hydrogens (tertiary/aromatic N) is 2. The van der Waals surface area contributed by atoms with Crippen LogP contribution in [0.1, 0.15) is 41.3 Å². The molecule has 0 aliphatic carbocycles. The fourth-order valence-electron chi connectivity index (χ4n) is 5.13. The second-order valence-corrected chi connectivity index (χ2v) is 10.6. The van der Waals surface area contributed by atoms with Crippen LogP contribution in [0.3, 0.4) is 0 Å². The fourth-order valence-corrected chi connectivity index (χ4v) is 5.43. The van der Waals surface area contributed by atoms with Gasteiger partial charge in [0.2, 0.25) is 0 Å². The van der Waals surface area contributed by atoms with Gasteiger partial charge >= 0.3 is 17.8 Å². The van der Waals surface area contributed by atoms with Crippen LogP contribution in [0.15, 0.2) is 76.3 Å². The molecule has 0 fully saturated rings. The molecule has 0 spiro atoms. The molecule has 0 unspecified atom stereocenters. The smallest absolute Gasteiger partial charge is 0.416 e. The van der Waals surface area contributed by atoms with E-state index < -0.39 is 52.9 Å². The van der Waals surface area contributed by atoms with E-state index in [-0.39, 0.29) is 83.1 Å². The summed E-state index contributed by atoms with van der Waals surface area (Å²) < 4.78 is 63.9. The average Bonchev–Trinajstić information content (AvgIpc) is 2.99. The Bertz CT molecular complexity index is 1810. The van der Waals surface area contributed by atoms with E-state index in [1.807, 2.05) is 0 Å². The van der Waals surface area contributed by atoms with Crippen molar-refractivity contribution in [1.29, 1.82) is 0 Å². The monoisotopic (exact) mass is 670 g/mol. The fraction of sp³-hybridized carbons (Fsp3) is 0.281. The van der Waals surface area contributed by atoms with Gasteiger partial charge in [-0.05, 0) is 43.7 Å². The molecule has 1 atom stereocenters.